The molecule has 2 aromatic carbocycles. The van der Waals surface area contributed by atoms with Crippen LogP contribution in [-0.4, -0.2) is 12.6 Å². The minimum absolute atomic E-state index is 0.240. The number of amides is 2. The van der Waals surface area contributed by atoms with Gasteiger partial charge in [-0.25, -0.2) is 4.79 Å². The number of benzene rings is 2. The molecule has 0 fully saturated rings. The number of carbonyl (C=O) groups is 1. The molecule has 0 spiro atoms. The molecule has 0 bridgehead atoms. The van der Waals surface area contributed by atoms with Crippen LogP contribution in [0.4, 0.5) is 10.5 Å². The van der Waals surface area contributed by atoms with Crippen LogP contribution in [0.5, 0.6) is 11.5 Å². The molecular weight excluding hydrogens is 304 g/mol. The summed E-state index contributed by atoms with van der Waals surface area (Å²) < 4.78 is 5.66. The molecule has 0 aliphatic heterocycles. The summed E-state index contributed by atoms with van der Waals surface area (Å²) in [6.45, 7) is 2.02. The van der Waals surface area contributed by atoms with Crippen LogP contribution in [0.1, 0.15) is 12.5 Å². The van der Waals surface area contributed by atoms with Crippen LogP contribution >= 0.6 is 0 Å². The van der Waals surface area contributed by atoms with Crippen LogP contribution < -0.4 is 15.4 Å². The second-order valence-corrected chi connectivity index (χ2v) is 5.13. The molecule has 0 heterocycles. The van der Waals surface area contributed by atoms with Gasteiger partial charge in [-0.2, -0.15) is 10.5 Å². The van der Waals surface area contributed by atoms with Crippen molar-refractivity contribution in [3.8, 4) is 23.6 Å². The number of anilines is 1. The molecule has 2 aromatic rings. The van der Waals surface area contributed by atoms with E-state index in [2.05, 4.69) is 16.7 Å². The first-order valence-corrected chi connectivity index (χ1v) is 7.33. The standard InChI is InChI=1S/C18H16N4O2/c1-13(10-19)12-21-18(23)22-15-5-7-16(8-6-15)24-17-4-2-3-14(9-17)11-20/h2-9,13H,12H2,1H3,(H2,21,22,23)/t13-/m1/s1. The highest BCUT2D eigenvalue weighted by atomic mass is 16.5. The largest absolute Gasteiger partial charge is 0.457 e. The maximum atomic E-state index is 11.7. The molecule has 24 heavy (non-hydrogen) atoms. The average Bonchev–Trinajstić information content (AvgIpc) is 2.61. The monoisotopic (exact) mass is 320 g/mol. The van der Waals surface area contributed by atoms with E-state index in [0.29, 0.717) is 29.3 Å². The summed E-state index contributed by atoms with van der Waals surface area (Å²) in [5, 5.41) is 22.8. The van der Waals surface area contributed by atoms with Crippen LogP contribution in [0.15, 0.2) is 48.5 Å². The summed E-state index contributed by atoms with van der Waals surface area (Å²) in [5.74, 6) is 0.919. The van der Waals surface area contributed by atoms with Crippen molar-refractivity contribution < 1.29 is 9.53 Å². The third-order valence-corrected chi connectivity index (χ3v) is 3.10. The lowest BCUT2D eigenvalue weighted by atomic mass is 10.2. The van der Waals surface area contributed by atoms with Crippen LogP contribution in [0.3, 0.4) is 0 Å². The van der Waals surface area contributed by atoms with E-state index in [9.17, 15) is 4.79 Å². The third kappa shape index (κ3) is 5.04. The summed E-state index contributed by atoms with van der Waals surface area (Å²) in [6.07, 6.45) is 0. The zero-order valence-corrected chi connectivity index (χ0v) is 13.1. The average molecular weight is 320 g/mol. The van der Waals surface area contributed by atoms with E-state index in [0.717, 1.165) is 0 Å². The second-order valence-electron chi connectivity index (χ2n) is 5.13. The molecule has 0 radical (unpaired) electrons. The molecule has 0 unspecified atom stereocenters. The van der Waals surface area contributed by atoms with Gasteiger partial charge in [-0.3, -0.25) is 0 Å². The fraction of sp³-hybridized carbons (Fsp3) is 0.167. The maximum Gasteiger partial charge on any atom is 0.319 e. The van der Waals surface area contributed by atoms with Gasteiger partial charge < -0.3 is 15.4 Å². The summed E-state index contributed by atoms with van der Waals surface area (Å²) in [7, 11) is 0. The molecule has 0 aliphatic carbocycles. The van der Waals surface area contributed by atoms with E-state index in [4.69, 9.17) is 15.3 Å². The Bertz CT molecular complexity index is 788. The Morgan fingerprint density at radius 3 is 2.58 bits per heavy atom. The van der Waals surface area contributed by atoms with Gasteiger partial charge in [0, 0.05) is 12.2 Å². The van der Waals surface area contributed by atoms with Crippen molar-refractivity contribution >= 4 is 11.7 Å². The van der Waals surface area contributed by atoms with Gasteiger partial charge in [-0.1, -0.05) is 6.07 Å². The second kappa shape index (κ2) is 8.21. The van der Waals surface area contributed by atoms with E-state index in [1.807, 2.05) is 6.07 Å². The highest BCUT2D eigenvalue weighted by Gasteiger charge is 2.05. The number of hydrogen-bond acceptors (Lipinski definition) is 4. The van der Waals surface area contributed by atoms with Crippen molar-refractivity contribution in [1.29, 1.82) is 10.5 Å². The first-order chi connectivity index (χ1) is 11.6. The first-order valence-electron chi connectivity index (χ1n) is 7.33. The Hall–Kier alpha value is -3.51. The molecular formula is C18H16N4O2. The van der Waals surface area contributed by atoms with E-state index < -0.39 is 0 Å². The molecule has 0 saturated heterocycles. The van der Waals surface area contributed by atoms with Crippen LogP contribution in [0.25, 0.3) is 0 Å². The molecule has 2 N–H and O–H groups in total. The van der Waals surface area contributed by atoms with Gasteiger partial charge in [0.05, 0.1) is 23.6 Å². The number of nitrogens with one attached hydrogen (secondary N) is 2. The molecule has 120 valence electrons. The summed E-state index contributed by atoms with van der Waals surface area (Å²) >= 11 is 0. The minimum Gasteiger partial charge on any atom is -0.457 e. The minimum atomic E-state index is -0.368. The molecule has 2 amide bonds. The van der Waals surface area contributed by atoms with Crippen molar-refractivity contribution in [2.24, 2.45) is 5.92 Å². The lowest BCUT2D eigenvalue weighted by Gasteiger charge is -2.10. The zero-order valence-electron chi connectivity index (χ0n) is 13.1. The number of urea groups is 1. The maximum absolute atomic E-state index is 11.7. The fourth-order valence-corrected chi connectivity index (χ4v) is 1.84. The number of nitrogens with zero attached hydrogens (tertiary/aromatic N) is 2. The summed E-state index contributed by atoms with van der Waals surface area (Å²) in [6, 6.07) is 17.4. The molecule has 2 rings (SSSR count). The lowest BCUT2D eigenvalue weighted by Crippen LogP contribution is -2.31. The molecule has 6 nitrogen and oxygen atoms in total. The smallest absolute Gasteiger partial charge is 0.319 e. The third-order valence-electron chi connectivity index (χ3n) is 3.10. The van der Waals surface area contributed by atoms with Gasteiger partial charge in [0.25, 0.3) is 0 Å². The Morgan fingerprint density at radius 1 is 1.17 bits per heavy atom. The molecule has 6 heteroatoms. The number of rotatable bonds is 5. The molecule has 1 atom stereocenters. The Morgan fingerprint density at radius 2 is 1.92 bits per heavy atom. The first kappa shape index (κ1) is 16.9. The summed E-state index contributed by atoms with van der Waals surface area (Å²) in [4.78, 5) is 11.7. The van der Waals surface area contributed by atoms with Crippen molar-refractivity contribution in [1.82, 2.24) is 5.32 Å². The fourth-order valence-electron chi connectivity index (χ4n) is 1.84. The van der Waals surface area contributed by atoms with E-state index >= 15 is 0 Å². The van der Waals surface area contributed by atoms with Gasteiger partial charge >= 0.3 is 6.03 Å². The van der Waals surface area contributed by atoms with Crippen molar-refractivity contribution in [2.75, 3.05) is 11.9 Å². The number of carbonyl (C=O) groups excluding carboxylic acids is 1. The van der Waals surface area contributed by atoms with Crippen LogP contribution in [-0.2, 0) is 0 Å². The van der Waals surface area contributed by atoms with Gasteiger partial charge in [0.15, 0.2) is 0 Å². The van der Waals surface area contributed by atoms with Gasteiger partial charge in [-0.05, 0) is 49.4 Å². The highest BCUT2D eigenvalue weighted by Crippen LogP contribution is 2.23. The van der Waals surface area contributed by atoms with Gasteiger partial charge in [-0.15, -0.1) is 0 Å². The summed E-state index contributed by atoms with van der Waals surface area (Å²) in [5.41, 5.74) is 1.13. The van der Waals surface area contributed by atoms with Crippen LogP contribution in [0.2, 0.25) is 0 Å². The predicted octanol–water partition coefficient (Wildman–Crippen LogP) is 3.63. The zero-order chi connectivity index (χ0) is 17.4. The Kier molecular flexibility index (Phi) is 5.76. The molecule has 0 saturated carbocycles. The van der Waals surface area contributed by atoms with Gasteiger partial charge in [0.1, 0.15) is 11.5 Å². The Labute approximate surface area is 140 Å². The lowest BCUT2D eigenvalue weighted by molar-refractivity contribution is 0.251. The van der Waals surface area contributed by atoms with Gasteiger partial charge in [0.2, 0.25) is 0 Å². The Balaban J connectivity index is 1.92. The number of ether oxygens (including phenoxy) is 1. The van der Waals surface area contributed by atoms with E-state index in [-0.39, 0.29) is 11.9 Å². The van der Waals surface area contributed by atoms with E-state index in [1.165, 1.54) is 0 Å². The van der Waals surface area contributed by atoms with Crippen LogP contribution in [0, 0.1) is 28.6 Å². The van der Waals surface area contributed by atoms with E-state index in [1.54, 1.807) is 55.5 Å². The topological polar surface area (TPSA) is 97.9 Å². The number of nitriles is 2. The highest BCUT2D eigenvalue weighted by molar-refractivity contribution is 5.89. The molecule has 0 aliphatic rings. The normalized spacial score (nSPS) is 10.8. The van der Waals surface area contributed by atoms with Crippen molar-refractivity contribution in [3.63, 3.8) is 0 Å². The SMILES string of the molecule is C[C@H](C#N)CNC(=O)Nc1ccc(Oc2cccc(C#N)c2)cc1. The van der Waals surface area contributed by atoms with Crippen molar-refractivity contribution in [3.05, 3.63) is 54.1 Å². The molecule has 0 aromatic heterocycles. The quantitative estimate of drug-likeness (QED) is 0.878. The number of hydrogen-bond donors (Lipinski definition) is 2. The predicted molar refractivity (Wildman–Crippen MR) is 89.5 cm³/mol. The van der Waals surface area contributed by atoms with Crippen molar-refractivity contribution in [2.45, 2.75) is 6.92 Å².